The molecule has 1 aromatic carbocycles. The van der Waals surface area contributed by atoms with Crippen molar-refractivity contribution in [3.63, 3.8) is 0 Å². The van der Waals surface area contributed by atoms with Crippen LogP contribution < -0.4 is 4.74 Å². The first kappa shape index (κ1) is 12.8. The normalized spacial score (nSPS) is 11.6. The highest BCUT2D eigenvalue weighted by molar-refractivity contribution is 6.76. The van der Waals surface area contributed by atoms with Crippen LogP contribution in [0, 0.1) is 6.92 Å². The van der Waals surface area contributed by atoms with E-state index in [0.29, 0.717) is 11.7 Å². The van der Waals surface area contributed by atoms with Crippen molar-refractivity contribution in [2.45, 2.75) is 26.6 Å². The van der Waals surface area contributed by atoms with Crippen molar-refractivity contribution in [3.8, 4) is 17.1 Å². The van der Waals surface area contributed by atoms with Crippen LogP contribution in [0.5, 0.6) is 5.75 Å². The van der Waals surface area contributed by atoms with Crippen LogP contribution in [0.3, 0.4) is 0 Å². The zero-order valence-electron chi connectivity index (χ0n) is 11.2. The summed E-state index contributed by atoms with van der Waals surface area (Å²) >= 11 is 0. The van der Waals surface area contributed by atoms with Crippen LogP contribution in [-0.2, 0) is 0 Å². The molecule has 0 radical (unpaired) electrons. The van der Waals surface area contributed by atoms with E-state index in [-0.39, 0.29) is 0 Å². The predicted molar refractivity (Wildman–Crippen MR) is 73.3 cm³/mol. The molecule has 0 spiro atoms. The molecule has 0 N–H and O–H groups in total. The first-order chi connectivity index (χ1) is 8.44. The van der Waals surface area contributed by atoms with Gasteiger partial charge >= 0.3 is 0 Å². The summed E-state index contributed by atoms with van der Waals surface area (Å²) in [5.41, 5.74) is 0.937. The number of ether oxygens (including phenoxy) is 1. The van der Waals surface area contributed by atoms with Crippen LogP contribution >= 0.6 is 0 Å². The first-order valence-corrected chi connectivity index (χ1v) is 9.68. The number of aromatic nitrogens is 2. The molecule has 4 nitrogen and oxygen atoms in total. The van der Waals surface area contributed by atoms with Gasteiger partial charge in [-0.15, -0.1) is 0 Å². The van der Waals surface area contributed by atoms with E-state index in [2.05, 4.69) is 29.8 Å². The Hall–Kier alpha value is -1.62. The molecule has 0 atom stereocenters. The second kappa shape index (κ2) is 4.94. The molecule has 0 amide bonds. The molecule has 0 fully saturated rings. The maximum atomic E-state index is 5.76. The lowest BCUT2D eigenvalue weighted by Gasteiger charge is -2.16. The standard InChI is InChI=1S/C13H18N2O2Si/c1-10-14-13(15-17-10)11-5-7-12(8-6-11)16-9-18(2,3)4/h5-8H,9H2,1-4H3. The smallest absolute Gasteiger partial charge is 0.223 e. The first-order valence-electron chi connectivity index (χ1n) is 5.98. The van der Waals surface area contributed by atoms with E-state index in [1.165, 1.54) is 0 Å². The second-order valence-electron chi connectivity index (χ2n) is 5.51. The number of hydrogen-bond acceptors (Lipinski definition) is 4. The third-order valence-electron chi connectivity index (χ3n) is 2.31. The van der Waals surface area contributed by atoms with E-state index < -0.39 is 8.07 Å². The minimum atomic E-state index is -1.18. The number of hydrogen-bond donors (Lipinski definition) is 0. The van der Waals surface area contributed by atoms with Gasteiger partial charge in [-0.05, 0) is 24.3 Å². The summed E-state index contributed by atoms with van der Waals surface area (Å²) in [4.78, 5) is 4.18. The van der Waals surface area contributed by atoms with Crippen molar-refractivity contribution in [3.05, 3.63) is 30.2 Å². The van der Waals surface area contributed by atoms with Crippen LogP contribution in [0.2, 0.25) is 19.6 Å². The van der Waals surface area contributed by atoms with Crippen LogP contribution in [0.15, 0.2) is 28.8 Å². The fourth-order valence-electron chi connectivity index (χ4n) is 1.42. The molecule has 1 aromatic heterocycles. The quantitative estimate of drug-likeness (QED) is 0.793. The summed E-state index contributed by atoms with van der Waals surface area (Å²) < 4.78 is 10.7. The third-order valence-corrected chi connectivity index (χ3v) is 3.32. The van der Waals surface area contributed by atoms with Crippen LogP contribution in [0.25, 0.3) is 11.4 Å². The van der Waals surface area contributed by atoms with Gasteiger partial charge in [0.25, 0.3) is 0 Å². The molecular weight excluding hydrogens is 244 g/mol. The average Bonchev–Trinajstić information content (AvgIpc) is 2.73. The van der Waals surface area contributed by atoms with E-state index in [1.807, 2.05) is 24.3 Å². The molecule has 0 aliphatic carbocycles. The second-order valence-corrected chi connectivity index (χ2v) is 10.9. The fraction of sp³-hybridized carbons (Fsp3) is 0.385. The molecule has 0 aliphatic heterocycles. The van der Waals surface area contributed by atoms with Gasteiger partial charge < -0.3 is 9.26 Å². The summed E-state index contributed by atoms with van der Waals surface area (Å²) in [7, 11) is -1.18. The predicted octanol–water partition coefficient (Wildman–Crippen LogP) is 3.30. The van der Waals surface area contributed by atoms with E-state index >= 15 is 0 Å². The van der Waals surface area contributed by atoms with E-state index in [4.69, 9.17) is 9.26 Å². The summed E-state index contributed by atoms with van der Waals surface area (Å²) in [6.45, 7) is 8.62. The van der Waals surface area contributed by atoms with Crippen LogP contribution in [0.1, 0.15) is 5.89 Å². The zero-order valence-corrected chi connectivity index (χ0v) is 12.2. The van der Waals surface area contributed by atoms with Crippen molar-refractivity contribution < 1.29 is 9.26 Å². The lowest BCUT2D eigenvalue weighted by molar-refractivity contribution is 0.378. The maximum absolute atomic E-state index is 5.76. The Labute approximate surface area is 108 Å². The molecule has 0 saturated heterocycles. The van der Waals surface area contributed by atoms with Gasteiger partial charge in [0.2, 0.25) is 11.7 Å². The van der Waals surface area contributed by atoms with Gasteiger partial charge in [0.15, 0.2) is 0 Å². The number of aryl methyl sites for hydroxylation is 1. The number of benzene rings is 1. The monoisotopic (exact) mass is 262 g/mol. The molecule has 96 valence electrons. The Bertz CT molecular complexity index is 515. The number of nitrogens with zero attached hydrogens (tertiary/aromatic N) is 2. The van der Waals surface area contributed by atoms with Gasteiger partial charge in [-0.3, -0.25) is 0 Å². The summed E-state index contributed by atoms with van der Waals surface area (Å²) in [6, 6.07) is 7.79. The van der Waals surface area contributed by atoms with Gasteiger partial charge in [0.1, 0.15) is 5.75 Å². The van der Waals surface area contributed by atoms with Crippen molar-refractivity contribution in [1.82, 2.24) is 10.1 Å². The van der Waals surface area contributed by atoms with E-state index in [0.717, 1.165) is 17.5 Å². The molecule has 0 saturated carbocycles. The molecule has 5 heteroatoms. The molecule has 2 aromatic rings. The maximum Gasteiger partial charge on any atom is 0.223 e. The highest BCUT2D eigenvalue weighted by Crippen LogP contribution is 2.20. The van der Waals surface area contributed by atoms with E-state index in [9.17, 15) is 0 Å². The average molecular weight is 262 g/mol. The largest absolute Gasteiger partial charge is 0.497 e. The van der Waals surface area contributed by atoms with Crippen molar-refractivity contribution >= 4 is 8.07 Å². The highest BCUT2D eigenvalue weighted by atomic mass is 28.3. The van der Waals surface area contributed by atoms with Crippen molar-refractivity contribution in [1.29, 1.82) is 0 Å². The Morgan fingerprint density at radius 3 is 2.33 bits per heavy atom. The Morgan fingerprint density at radius 1 is 1.17 bits per heavy atom. The Morgan fingerprint density at radius 2 is 1.83 bits per heavy atom. The highest BCUT2D eigenvalue weighted by Gasteiger charge is 2.14. The van der Waals surface area contributed by atoms with Crippen molar-refractivity contribution in [2.75, 3.05) is 6.23 Å². The van der Waals surface area contributed by atoms with Gasteiger partial charge in [0, 0.05) is 12.5 Å². The van der Waals surface area contributed by atoms with Crippen LogP contribution in [0.4, 0.5) is 0 Å². The minimum Gasteiger partial charge on any atom is -0.497 e. The molecule has 18 heavy (non-hydrogen) atoms. The lowest BCUT2D eigenvalue weighted by Crippen LogP contribution is -2.29. The molecule has 0 aliphatic rings. The molecule has 2 rings (SSSR count). The molecule has 1 heterocycles. The zero-order chi connectivity index (χ0) is 13.2. The molecule has 0 bridgehead atoms. The topological polar surface area (TPSA) is 48.2 Å². The Kier molecular flexibility index (Phi) is 3.52. The molecule has 0 unspecified atom stereocenters. The fourth-order valence-corrected chi connectivity index (χ4v) is 2.02. The number of rotatable bonds is 4. The van der Waals surface area contributed by atoms with Gasteiger partial charge in [0.05, 0.1) is 14.3 Å². The van der Waals surface area contributed by atoms with Crippen molar-refractivity contribution in [2.24, 2.45) is 0 Å². The van der Waals surface area contributed by atoms with Gasteiger partial charge in [-0.25, -0.2) is 0 Å². The SMILES string of the molecule is Cc1nc(-c2ccc(OC[Si](C)(C)C)cc2)no1. The molecular formula is C13H18N2O2Si. The summed E-state index contributed by atoms with van der Waals surface area (Å²) in [5.74, 6) is 2.08. The lowest BCUT2D eigenvalue weighted by atomic mass is 10.2. The van der Waals surface area contributed by atoms with Crippen LogP contribution in [-0.4, -0.2) is 24.4 Å². The van der Waals surface area contributed by atoms with Gasteiger partial charge in [-0.1, -0.05) is 24.8 Å². The Balaban J connectivity index is 2.06. The minimum absolute atomic E-state index is 0.573. The summed E-state index contributed by atoms with van der Waals surface area (Å²) in [5, 5.41) is 3.88. The van der Waals surface area contributed by atoms with Gasteiger partial charge in [-0.2, -0.15) is 4.98 Å². The third kappa shape index (κ3) is 3.43. The van der Waals surface area contributed by atoms with E-state index in [1.54, 1.807) is 6.92 Å². The summed E-state index contributed by atoms with van der Waals surface area (Å²) in [6.07, 6.45) is 0.827.